The predicted octanol–water partition coefficient (Wildman–Crippen LogP) is 4.27. The van der Waals surface area contributed by atoms with Crippen molar-refractivity contribution in [3.05, 3.63) is 121 Å². The maximum Gasteiger partial charge on any atom is 0.289 e. The molecule has 2 heterocycles. The number of hydrogen-bond acceptors (Lipinski definition) is 3. The van der Waals surface area contributed by atoms with Crippen LogP contribution in [0.2, 0.25) is 0 Å². The van der Waals surface area contributed by atoms with Crippen LogP contribution in [0.3, 0.4) is 0 Å². The molecule has 0 bridgehead atoms. The number of fused-ring (bicyclic) bond motifs is 2. The van der Waals surface area contributed by atoms with E-state index in [1.807, 2.05) is 17.8 Å². The Morgan fingerprint density at radius 2 is 1.62 bits per heavy atom. The molecular formula is C31H29IN4S. The Bertz CT molecular complexity index is 1520. The Hall–Kier alpha value is -3.23. The van der Waals surface area contributed by atoms with Crippen molar-refractivity contribution in [3.63, 3.8) is 0 Å². The van der Waals surface area contributed by atoms with Crippen LogP contribution in [0.4, 0.5) is 11.4 Å². The van der Waals surface area contributed by atoms with Gasteiger partial charge in [0.05, 0.1) is 6.54 Å². The highest BCUT2D eigenvalue weighted by Gasteiger charge is 2.28. The van der Waals surface area contributed by atoms with Crippen LogP contribution in [-0.2, 0) is 6.54 Å². The van der Waals surface area contributed by atoms with Crippen molar-refractivity contribution in [2.75, 3.05) is 17.3 Å². The molecule has 0 saturated carbocycles. The van der Waals surface area contributed by atoms with Crippen molar-refractivity contribution >= 4 is 40.2 Å². The second-order valence-corrected chi connectivity index (χ2v) is 10.1. The number of benzene rings is 4. The van der Waals surface area contributed by atoms with Gasteiger partial charge in [0.25, 0.3) is 5.82 Å². The number of hydrogen-bond donors (Lipinski definition) is 1. The summed E-state index contributed by atoms with van der Waals surface area (Å²) in [5.74, 6) is 1.15. The third kappa shape index (κ3) is 4.88. The number of nitrogens with one attached hydrogen (secondary N) is 1. The molecule has 0 spiro atoms. The lowest BCUT2D eigenvalue weighted by molar-refractivity contribution is -0.670. The zero-order valence-corrected chi connectivity index (χ0v) is 23.9. The summed E-state index contributed by atoms with van der Waals surface area (Å²) < 4.78 is 4.77. The third-order valence-corrected chi connectivity index (χ3v) is 7.93. The number of aromatic nitrogens is 2. The fourth-order valence-electron chi connectivity index (χ4n) is 4.89. The van der Waals surface area contributed by atoms with Gasteiger partial charge in [-0.15, -0.1) is 0 Å². The molecule has 0 radical (unpaired) electrons. The molecule has 6 rings (SSSR count). The molecule has 0 aliphatic carbocycles. The predicted molar refractivity (Wildman–Crippen MR) is 152 cm³/mol. The lowest BCUT2D eigenvalue weighted by atomic mass is 10.2. The molecule has 1 aliphatic heterocycles. The van der Waals surface area contributed by atoms with Crippen LogP contribution in [0.5, 0.6) is 0 Å². The normalized spacial score (nSPS) is 14.4. The molecule has 5 aromatic rings. The molecule has 6 heteroatoms. The van der Waals surface area contributed by atoms with Crippen LogP contribution in [0, 0.1) is 0 Å². The van der Waals surface area contributed by atoms with Gasteiger partial charge in [0.2, 0.25) is 0 Å². The second kappa shape index (κ2) is 11.0. The average molecular weight is 617 g/mol. The number of rotatable bonds is 6. The summed E-state index contributed by atoms with van der Waals surface area (Å²) in [6.07, 6.45) is 4.38. The van der Waals surface area contributed by atoms with E-state index in [0.29, 0.717) is 0 Å². The molecule has 0 saturated heterocycles. The molecule has 37 heavy (non-hydrogen) atoms. The Morgan fingerprint density at radius 1 is 0.919 bits per heavy atom. The Balaban J connectivity index is 0.00000280. The van der Waals surface area contributed by atoms with Gasteiger partial charge in [-0.2, -0.15) is 4.57 Å². The molecular weight excluding hydrogens is 587 g/mol. The second-order valence-electron chi connectivity index (χ2n) is 8.92. The van der Waals surface area contributed by atoms with Gasteiger partial charge < -0.3 is 34.2 Å². The minimum absolute atomic E-state index is 0. The van der Waals surface area contributed by atoms with Crippen LogP contribution in [-0.4, -0.2) is 11.6 Å². The van der Waals surface area contributed by atoms with E-state index in [-0.39, 0.29) is 29.4 Å². The summed E-state index contributed by atoms with van der Waals surface area (Å²) in [7, 11) is 2.09. The molecule has 0 fully saturated rings. The Kier molecular flexibility index (Phi) is 7.58. The third-order valence-electron chi connectivity index (χ3n) is 6.70. The van der Waals surface area contributed by atoms with Gasteiger partial charge in [-0.1, -0.05) is 66.4 Å². The maximum atomic E-state index is 3.69. The van der Waals surface area contributed by atoms with Crippen molar-refractivity contribution in [1.29, 1.82) is 0 Å². The van der Waals surface area contributed by atoms with Crippen LogP contribution in [0.15, 0.2) is 114 Å². The number of imidazole rings is 1. The lowest BCUT2D eigenvalue weighted by Gasteiger charge is -2.13. The lowest BCUT2D eigenvalue weighted by Crippen LogP contribution is -3.00. The number of para-hydroxylation sites is 3. The summed E-state index contributed by atoms with van der Waals surface area (Å²) in [5, 5.41) is 3.90. The number of thioether (sulfide) groups is 1. The topological polar surface area (TPSA) is 24.1 Å². The van der Waals surface area contributed by atoms with Crippen LogP contribution in [0.1, 0.15) is 23.7 Å². The van der Waals surface area contributed by atoms with Gasteiger partial charge >= 0.3 is 0 Å². The first-order valence-electron chi connectivity index (χ1n) is 12.3. The molecule has 4 aromatic carbocycles. The van der Waals surface area contributed by atoms with Crippen molar-refractivity contribution in [1.82, 2.24) is 4.57 Å². The van der Waals surface area contributed by atoms with Crippen molar-refractivity contribution in [2.45, 2.75) is 23.7 Å². The fraction of sp³-hybridized carbons (Fsp3) is 0.129. The van der Waals surface area contributed by atoms with Gasteiger partial charge in [-0.05, 0) is 61.0 Å². The van der Waals surface area contributed by atoms with E-state index in [4.69, 9.17) is 0 Å². The minimum atomic E-state index is 0. The monoisotopic (exact) mass is 616 g/mol. The van der Waals surface area contributed by atoms with Gasteiger partial charge in [0.1, 0.15) is 11.1 Å². The zero-order valence-electron chi connectivity index (χ0n) is 20.9. The van der Waals surface area contributed by atoms with Gasteiger partial charge in [-0.3, -0.25) is 0 Å². The van der Waals surface area contributed by atoms with E-state index < -0.39 is 0 Å². The van der Waals surface area contributed by atoms with Gasteiger partial charge in [0, 0.05) is 35.6 Å². The van der Waals surface area contributed by atoms with E-state index in [9.17, 15) is 0 Å². The average Bonchev–Trinajstić information content (AvgIpc) is 3.51. The van der Waals surface area contributed by atoms with E-state index in [0.717, 1.165) is 23.7 Å². The quantitative estimate of drug-likeness (QED) is 0.228. The first kappa shape index (κ1) is 25.4. The maximum absolute atomic E-state index is 3.69. The number of halogens is 1. The highest BCUT2D eigenvalue weighted by Crippen LogP contribution is 2.46. The highest BCUT2D eigenvalue weighted by atomic mass is 127. The fourth-order valence-corrected chi connectivity index (χ4v) is 6.02. The first-order chi connectivity index (χ1) is 17.7. The van der Waals surface area contributed by atoms with Crippen LogP contribution < -0.4 is 38.8 Å². The van der Waals surface area contributed by atoms with Gasteiger partial charge in [-0.25, -0.2) is 4.57 Å². The van der Waals surface area contributed by atoms with Crippen molar-refractivity contribution in [3.8, 4) is 5.69 Å². The SMILES string of the molecule is CC[n+]1c(/C=C/N(C)c2ccccc2)n(-c2ccccc2)c2ccc(C3Nc4ccccc4S3)cc21.[I-]. The standard InChI is InChI=1S/C31H29N4S.HI/c1-3-34-28-22-23(31-32-26-16-10-11-17-29(26)36-31)18-19-27(28)35(25-14-8-5-9-15-25)30(34)20-21-33(2)24-12-6-4-7-13-24;/h4-22,31-32H,3H2,1-2H3;1H/q+1;/p-1. The molecule has 186 valence electrons. The smallest absolute Gasteiger partial charge is 0.289 e. The summed E-state index contributed by atoms with van der Waals surface area (Å²) in [4.78, 5) is 3.47. The molecule has 1 unspecified atom stereocenters. The van der Waals surface area contributed by atoms with E-state index >= 15 is 0 Å². The largest absolute Gasteiger partial charge is 1.00 e. The highest BCUT2D eigenvalue weighted by molar-refractivity contribution is 8.00. The molecule has 1 atom stereocenters. The Morgan fingerprint density at radius 3 is 2.35 bits per heavy atom. The molecule has 1 aliphatic rings. The van der Waals surface area contributed by atoms with Crippen LogP contribution in [0.25, 0.3) is 22.8 Å². The van der Waals surface area contributed by atoms with E-state index in [2.05, 4.69) is 143 Å². The number of nitrogens with zero attached hydrogens (tertiary/aromatic N) is 3. The molecule has 4 nitrogen and oxygen atoms in total. The molecule has 0 amide bonds. The van der Waals surface area contributed by atoms with E-state index in [1.165, 1.54) is 27.2 Å². The van der Waals surface area contributed by atoms with Crippen molar-refractivity contribution in [2.24, 2.45) is 0 Å². The summed E-state index contributed by atoms with van der Waals surface area (Å²) >= 11 is 1.88. The Labute approximate surface area is 239 Å². The van der Waals surface area contributed by atoms with Crippen molar-refractivity contribution < 1.29 is 28.5 Å². The summed E-state index contributed by atoms with van der Waals surface area (Å²) in [5.41, 5.74) is 7.25. The van der Waals surface area contributed by atoms with E-state index in [1.54, 1.807) is 0 Å². The summed E-state index contributed by atoms with van der Waals surface area (Å²) in [6.45, 7) is 3.10. The number of aryl methyl sites for hydroxylation is 1. The number of anilines is 2. The first-order valence-corrected chi connectivity index (χ1v) is 13.2. The molecule has 1 aromatic heterocycles. The van der Waals surface area contributed by atoms with Gasteiger partial charge in [0.15, 0.2) is 11.0 Å². The minimum Gasteiger partial charge on any atom is -1.00 e. The summed E-state index contributed by atoms with van der Waals surface area (Å²) in [6, 6.07) is 36.5. The van der Waals surface area contributed by atoms with Crippen LogP contribution >= 0.6 is 11.8 Å². The molecule has 1 N–H and O–H groups in total. The zero-order chi connectivity index (χ0) is 24.5.